The van der Waals surface area contributed by atoms with Crippen LogP contribution >= 0.6 is 18.9 Å². The number of alkyl halides is 2. The van der Waals surface area contributed by atoms with E-state index in [1.165, 1.54) is 17.0 Å². The molecule has 11 nitrogen and oxygen atoms in total. The quantitative estimate of drug-likeness (QED) is 0.275. The number of ether oxygens (including phenoxy) is 1. The zero-order chi connectivity index (χ0) is 33.6. The highest BCUT2D eigenvalue weighted by atomic mass is 32.1. The van der Waals surface area contributed by atoms with Crippen LogP contribution in [0.25, 0.3) is 10.1 Å². The summed E-state index contributed by atoms with van der Waals surface area (Å²) in [4.78, 5) is 62.5. The number of nitrogens with zero attached hydrogens (tertiary/aromatic N) is 2. The van der Waals surface area contributed by atoms with Gasteiger partial charge in [0, 0.05) is 29.8 Å². The van der Waals surface area contributed by atoms with Gasteiger partial charge < -0.3 is 34.7 Å². The van der Waals surface area contributed by atoms with Crippen molar-refractivity contribution in [2.24, 2.45) is 5.41 Å². The van der Waals surface area contributed by atoms with E-state index in [0.717, 1.165) is 29.0 Å². The molecule has 2 saturated heterocycles. The SMILES string of the molecule is CC(C)(C)[C@H](NC(=O)c1cc2cc(C(F)(F)P(=O)(O)O)ccc2s1)C(=O)N1C[C@H](O)C[C@H]1C(=O)N1CCO[C@H](c2ccccc2)C1. The second-order valence-electron chi connectivity index (χ2n) is 12.7. The second-order valence-corrected chi connectivity index (χ2v) is 15.4. The predicted molar refractivity (Wildman–Crippen MR) is 166 cm³/mol. The van der Waals surface area contributed by atoms with Crippen molar-refractivity contribution >= 4 is 46.7 Å². The van der Waals surface area contributed by atoms with Gasteiger partial charge in [0.25, 0.3) is 5.91 Å². The van der Waals surface area contributed by atoms with Crippen LogP contribution in [0, 0.1) is 5.41 Å². The monoisotopic (exact) mass is 679 g/mol. The maximum Gasteiger partial charge on any atom is 0.399 e. The normalized spacial score (nSPS) is 21.8. The van der Waals surface area contributed by atoms with Crippen molar-refractivity contribution in [2.45, 2.75) is 57.1 Å². The minimum atomic E-state index is -5.79. The van der Waals surface area contributed by atoms with E-state index in [1.54, 1.807) is 25.7 Å². The second kappa shape index (κ2) is 12.7. The molecule has 4 N–H and O–H groups in total. The Balaban J connectivity index is 1.35. The van der Waals surface area contributed by atoms with E-state index in [0.29, 0.717) is 17.9 Å². The number of nitrogens with one attached hydrogen (secondary N) is 1. The number of aliphatic hydroxyl groups is 1. The van der Waals surface area contributed by atoms with E-state index < -0.39 is 54.2 Å². The van der Waals surface area contributed by atoms with Crippen molar-refractivity contribution < 1.29 is 47.4 Å². The fourth-order valence-electron chi connectivity index (χ4n) is 5.75. The molecule has 0 radical (unpaired) electrons. The lowest BCUT2D eigenvalue weighted by molar-refractivity contribution is -0.150. The fourth-order valence-corrected chi connectivity index (χ4v) is 7.17. The minimum absolute atomic E-state index is 0.0423. The molecule has 2 aliphatic heterocycles. The average Bonchev–Trinajstić information content (AvgIpc) is 3.61. The Morgan fingerprint density at radius 2 is 1.76 bits per heavy atom. The third kappa shape index (κ3) is 6.87. The molecule has 4 atom stereocenters. The predicted octanol–water partition coefficient (Wildman–Crippen LogP) is 3.83. The molecule has 0 spiro atoms. The number of carbonyl (C=O) groups is 3. The number of hydrogen-bond donors (Lipinski definition) is 4. The summed E-state index contributed by atoms with van der Waals surface area (Å²) in [7, 11) is -5.79. The summed E-state index contributed by atoms with van der Waals surface area (Å²) in [6, 6.07) is 11.8. The Morgan fingerprint density at radius 3 is 2.41 bits per heavy atom. The molecule has 0 saturated carbocycles. The van der Waals surface area contributed by atoms with Gasteiger partial charge in [-0.25, -0.2) is 0 Å². The molecular formula is C31H36F2N3O8PS. The van der Waals surface area contributed by atoms with Crippen LogP contribution in [-0.4, -0.2) is 86.8 Å². The molecule has 2 aromatic carbocycles. The van der Waals surface area contributed by atoms with Gasteiger partial charge >= 0.3 is 13.3 Å². The van der Waals surface area contributed by atoms with Gasteiger partial charge in [-0.05, 0) is 34.6 Å². The number of likely N-dealkylation sites (tertiary alicyclic amines) is 1. The molecule has 3 amide bonds. The van der Waals surface area contributed by atoms with E-state index in [9.17, 15) is 32.8 Å². The maximum absolute atomic E-state index is 14.3. The van der Waals surface area contributed by atoms with Crippen LogP contribution in [0.4, 0.5) is 8.78 Å². The van der Waals surface area contributed by atoms with E-state index in [-0.39, 0.29) is 41.8 Å². The zero-order valence-electron chi connectivity index (χ0n) is 25.4. The number of amides is 3. The third-order valence-electron chi connectivity index (χ3n) is 8.24. The van der Waals surface area contributed by atoms with Gasteiger partial charge in [-0.15, -0.1) is 11.3 Å². The van der Waals surface area contributed by atoms with Crippen LogP contribution in [0.1, 0.15) is 54.1 Å². The maximum atomic E-state index is 14.3. The Bertz CT molecular complexity index is 1670. The van der Waals surface area contributed by atoms with Gasteiger partial charge in [-0.2, -0.15) is 8.78 Å². The summed E-state index contributed by atoms with van der Waals surface area (Å²) < 4.78 is 46.2. The van der Waals surface area contributed by atoms with Crippen LogP contribution < -0.4 is 5.32 Å². The van der Waals surface area contributed by atoms with Gasteiger partial charge in [-0.1, -0.05) is 57.2 Å². The largest absolute Gasteiger partial charge is 0.399 e. The third-order valence-corrected chi connectivity index (χ3v) is 10.3. The molecule has 0 aliphatic carbocycles. The molecule has 248 valence electrons. The van der Waals surface area contributed by atoms with E-state index in [1.807, 2.05) is 30.3 Å². The van der Waals surface area contributed by atoms with Crippen molar-refractivity contribution in [2.75, 3.05) is 26.2 Å². The summed E-state index contributed by atoms with van der Waals surface area (Å²) in [5.74, 6) is -1.53. The van der Waals surface area contributed by atoms with E-state index in [4.69, 9.17) is 14.5 Å². The minimum Gasteiger partial charge on any atom is -0.391 e. The number of thiophene rings is 1. The molecule has 46 heavy (non-hydrogen) atoms. The lowest BCUT2D eigenvalue weighted by atomic mass is 9.85. The van der Waals surface area contributed by atoms with Crippen molar-refractivity contribution in [3.8, 4) is 0 Å². The number of fused-ring (bicyclic) bond motifs is 1. The number of carbonyl (C=O) groups excluding carboxylic acids is 3. The number of morpholine rings is 1. The molecule has 3 aromatic rings. The van der Waals surface area contributed by atoms with Crippen molar-refractivity contribution in [3.05, 3.63) is 70.6 Å². The van der Waals surface area contributed by atoms with Crippen molar-refractivity contribution in [1.82, 2.24) is 15.1 Å². The molecule has 0 unspecified atom stereocenters. The molecule has 3 heterocycles. The Hall–Kier alpha value is -3.26. The van der Waals surface area contributed by atoms with Gasteiger partial charge in [-0.3, -0.25) is 18.9 Å². The lowest BCUT2D eigenvalue weighted by Gasteiger charge is -2.38. The van der Waals surface area contributed by atoms with Crippen LogP contribution in [0.15, 0.2) is 54.6 Å². The molecule has 2 fully saturated rings. The first-order chi connectivity index (χ1) is 21.5. The summed E-state index contributed by atoms with van der Waals surface area (Å²) in [6.45, 7) is 6.05. The summed E-state index contributed by atoms with van der Waals surface area (Å²) >= 11 is 0.963. The number of rotatable bonds is 7. The first-order valence-corrected chi connectivity index (χ1v) is 17.1. The first kappa shape index (κ1) is 34.1. The molecule has 1 aromatic heterocycles. The molecule has 2 aliphatic rings. The molecule has 5 rings (SSSR count). The van der Waals surface area contributed by atoms with Gasteiger partial charge in [0.15, 0.2) is 0 Å². The smallest absolute Gasteiger partial charge is 0.391 e. The van der Waals surface area contributed by atoms with Crippen LogP contribution in [0.2, 0.25) is 0 Å². The lowest BCUT2D eigenvalue weighted by Crippen LogP contribution is -2.58. The number of benzene rings is 2. The number of hydrogen-bond acceptors (Lipinski definition) is 7. The fraction of sp³-hybridized carbons (Fsp3) is 0.452. The highest BCUT2D eigenvalue weighted by Crippen LogP contribution is 2.59. The van der Waals surface area contributed by atoms with Crippen LogP contribution in [0.5, 0.6) is 0 Å². The summed E-state index contributed by atoms with van der Waals surface area (Å²) in [5, 5.41) is 13.5. The van der Waals surface area contributed by atoms with Crippen LogP contribution in [-0.2, 0) is 24.6 Å². The Labute approximate surface area is 268 Å². The standard InChI is InChI=1S/C31H36F2N3O8PS/c1-30(2,3)26(34-27(38)25-14-19-13-20(9-10-24(19)46-25)31(32,33)45(41,42)43)29(40)36-16-21(37)15-22(36)28(39)35-11-12-44-23(17-35)18-7-5-4-6-8-18/h4-10,13-14,21-23,26,37H,11-12,15-17H2,1-3H3,(H,34,38)(H2,41,42,43)/t21-,22+,23+,26-/m1/s1. The van der Waals surface area contributed by atoms with E-state index >= 15 is 0 Å². The Morgan fingerprint density at radius 1 is 1.07 bits per heavy atom. The first-order valence-electron chi connectivity index (χ1n) is 14.7. The average molecular weight is 680 g/mol. The highest BCUT2D eigenvalue weighted by Gasteiger charge is 2.50. The van der Waals surface area contributed by atoms with Gasteiger partial charge in [0.05, 0.1) is 24.1 Å². The van der Waals surface area contributed by atoms with Gasteiger partial charge in [0.1, 0.15) is 18.2 Å². The zero-order valence-corrected chi connectivity index (χ0v) is 27.1. The highest BCUT2D eigenvalue weighted by molar-refractivity contribution is 7.52. The topological polar surface area (TPSA) is 157 Å². The number of aliphatic hydroxyl groups excluding tert-OH is 1. The van der Waals surface area contributed by atoms with Crippen molar-refractivity contribution in [1.29, 1.82) is 0 Å². The molecule has 15 heteroatoms. The molecule has 0 bridgehead atoms. The van der Waals surface area contributed by atoms with Crippen molar-refractivity contribution in [3.63, 3.8) is 0 Å². The summed E-state index contributed by atoms with van der Waals surface area (Å²) in [6.07, 6.45) is -1.24. The van der Waals surface area contributed by atoms with Crippen LogP contribution in [0.3, 0.4) is 0 Å². The summed E-state index contributed by atoms with van der Waals surface area (Å²) in [5.41, 5.74) is -5.21. The van der Waals surface area contributed by atoms with Gasteiger partial charge in [0.2, 0.25) is 11.8 Å². The van der Waals surface area contributed by atoms with E-state index in [2.05, 4.69) is 5.32 Å². The number of β-amino-alcohol motifs (C(OH)–C–C–N with tert-alkyl or cyclic N) is 1. The Kier molecular flexibility index (Phi) is 9.44. The number of halogens is 2. The molecular weight excluding hydrogens is 643 g/mol.